The van der Waals surface area contributed by atoms with Gasteiger partial charge in [0.1, 0.15) is 0 Å². The summed E-state index contributed by atoms with van der Waals surface area (Å²) in [7, 11) is 0. The molecule has 0 unspecified atom stereocenters. The van der Waals surface area contributed by atoms with Crippen LogP contribution in [0.25, 0.3) is 6.08 Å². The molecule has 0 aliphatic carbocycles. The second-order valence-corrected chi connectivity index (χ2v) is 7.30. The molecular formula is C21H14Cl2OS. The van der Waals surface area contributed by atoms with E-state index in [0.717, 1.165) is 10.5 Å². The topological polar surface area (TPSA) is 17.1 Å². The zero-order valence-electron chi connectivity index (χ0n) is 13.2. The first-order valence-electron chi connectivity index (χ1n) is 7.62. The van der Waals surface area contributed by atoms with Crippen molar-refractivity contribution >= 4 is 46.8 Å². The van der Waals surface area contributed by atoms with Crippen molar-refractivity contribution in [3.63, 3.8) is 0 Å². The number of hydrogen-bond acceptors (Lipinski definition) is 2. The van der Waals surface area contributed by atoms with Crippen LogP contribution in [-0.4, -0.2) is 5.78 Å². The number of allylic oxidation sites excluding steroid dienone is 1. The maximum absolute atomic E-state index is 13.0. The average molecular weight is 385 g/mol. The summed E-state index contributed by atoms with van der Waals surface area (Å²) < 4.78 is 0. The number of benzene rings is 3. The van der Waals surface area contributed by atoms with Gasteiger partial charge in [-0.3, -0.25) is 4.79 Å². The van der Waals surface area contributed by atoms with Crippen molar-refractivity contribution < 1.29 is 4.79 Å². The summed E-state index contributed by atoms with van der Waals surface area (Å²) in [4.78, 5) is 14.6. The molecule has 3 rings (SSSR count). The SMILES string of the molecule is O=C(/C(=C/c1ccccc1)Sc1ccc(Cl)cc1)c1ccc(Cl)cc1. The lowest BCUT2D eigenvalue weighted by Gasteiger charge is -2.08. The van der Waals surface area contributed by atoms with Crippen LogP contribution in [0.5, 0.6) is 0 Å². The molecule has 1 nitrogen and oxygen atoms in total. The summed E-state index contributed by atoms with van der Waals surface area (Å²) in [6.07, 6.45) is 1.90. The Morgan fingerprint density at radius 1 is 0.760 bits per heavy atom. The van der Waals surface area contributed by atoms with Crippen molar-refractivity contribution in [1.29, 1.82) is 0 Å². The van der Waals surface area contributed by atoms with Crippen molar-refractivity contribution in [2.24, 2.45) is 0 Å². The van der Waals surface area contributed by atoms with Crippen LogP contribution >= 0.6 is 35.0 Å². The second kappa shape index (κ2) is 8.39. The van der Waals surface area contributed by atoms with Crippen LogP contribution in [0.2, 0.25) is 10.0 Å². The van der Waals surface area contributed by atoms with Crippen molar-refractivity contribution in [2.45, 2.75) is 4.90 Å². The van der Waals surface area contributed by atoms with Gasteiger partial charge in [0, 0.05) is 20.5 Å². The van der Waals surface area contributed by atoms with Gasteiger partial charge in [0.15, 0.2) is 5.78 Å². The molecule has 0 spiro atoms. The Balaban J connectivity index is 1.96. The zero-order chi connectivity index (χ0) is 17.6. The number of halogens is 2. The van der Waals surface area contributed by atoms with E-state index in [2.05, 4.69) is 0 Å². The van der Waals surface area contributed by atoms with Crippen LogP contribution in [0.4, 0.5) is 0 Å². The third-order valence-corrected chi connectivity index (χ3v) is 5.00. The largest absolute Gasteiger partial charge is 0.288 e. The quantitative estimate of drug-likeness (QED) is 0.267. The van der Waals surface area contributed by atoms with Gasteiger partial charge < -0.3 is 0 Å². The Labute approximate surface area is 161 Å². The van der Waals surface area contributed by atoms with Crippen LogP contribution in [0, 0.1) is 0 Å². The van der Waals surface area contributed by atoms with Gasteiger partial charge in [-0.15, -0.1) is 0 Å². The van der Waals surface area contributed by atoms with Crippen LogP contribution in [0.1, 0.15) is 15.9 Å². The minimum atomic E-state index is -0.0412. The van der Waals surface area contributed by atoms with Crippen molar-refractivity contribution in [1.82, 2.24) is 0 Å². The van der Waals surface area contributed by atoms with Crippen molar-refractivity contribution in [2.75, 3.05) is 0 Å². The molecule has 0 amide bonds. The summed E-state index contributed by atoms with van der Waals surface area (Å²) in [5, 5.41) is 1.28. The van der Waals surface area contributed by atoms with Crippen LogP contribution in [0.3, 0.4) is 0 Å². The van der Waals surface area contributed by atoms with E-state index in [0.29, 0.717) is 20.5 Å². The molecule has 0 radical (unpaired) electrons. The Morgan fingerprint density at radius 3 is 1.92 bits per heavy atom. The lowest BCUT2D eigenvalue weighted by Crippen LogP contribution is -2.00. The molecule has 0 atom stereocenters. The fourth-order valence-electron chi connectivity index (χ4n) is 2.22. The first kappa shape index (κ1) is 17.8. The van der Waals surface area contributed by atoms with E-state index in [9.17, 15) is 4.79 Å². The van der Waals surface area contributed by atoms with Crippen LogP contribution in [0.15, 0.2) is 88.7 Å². The fraction of sp³-hybridized carbons (Fsp3) is 0. The fourth-order valence-corrected chi connectivity index (χ4v) is 3.40. The monoisotopic (exact) mass is 384 g/mol. The van der Waals surface area contributed by atoms with Gasteiger partial charge in [-0.05, 0) is 60.2 Å². The minimum Gasteiger partial charge on any atom is -0.288 e. The van der Waals surface area contributed by atoms with E-state index in [4.69, 9.17) is 23.2 Å². The molecule has 0 bridgehead atoms. The van der Waals surface area contributed by atoms with E-state index in [1.165, 1.54) is 11.8 Å². The number of carbonyl (C=O) groups is 1. The second-order valence-electron chi connectivity index (χ2n) is 5.31. The number of thioether (sulfide) groups is 1. The summed E-state index contributed by atoms with van der Waals surface area (Å²) in [6, 6.07) is 24.2. The van der Waals surface area contributed by atoms with E-state index in [1.807, 2.05) is 60.7 Å². The maximum atomic E-state index is 13.0. The molecule has 0 aliphatic rings. The predicted octanol–water partition coefficient (Wildman–Crippen LogP) is 7.01. The Morgan fingerprint density at radius 2 is 1.32 bits per heavy atom. The van der Waals surface area contributed by atoms with Gasteiger partial charge >= 0.3 is 0 Å². The molecule has 0 N–H and O–H groups in total. The number of hydrogen-bond donors (Lipinski definition) is 0. The summed E-state index contributed by atoms with van der Waals surface area (Å²) in [5.41, 5.74) is 1.58. The number of Topliss-reactive ketones (excluding diaryl/α,β-unsaturated/α-hetero) is 1. The highest BCUT2D eigenvalue weighted by molar-refractivity contribution is 8.04. The highest BCUT2D eigenvalue weighted by Crippen LogP contribution is 2.32. The van der Waals surface area contributed by atoms with E-state index in [-0.39, 0.29) is 5.78 Å². The molecule has 25 heavy (non-hydrogen) atoms. The normalized spacial score (nSPS) is 11.4. The van der Waals surface area contributed by atoms with Gasteiger partial charge in [0.25, 0.3) is 0 Å². The first-order chi connectivity index (χ1) is 12.1. The Hall–Kier alpha value is -2.00. The molecule has 124 valence electrons. The molecule has 4 heteroatoms. The van der Waals surface area contributed by atoms with Crippen LogP contribution in [-0.2, 0) is 0 Å². The molecule has 0 fully saturated rings. The number of carbonyl (C=O) groups excluding carboxylic acids is 1. The molecule has 0 saturated carbocycles. The molecule has 3 aromatic rings. The number of ketones is 1. The van der Waals surface area contributed by atoms with E-state index in [1.54, 1.807) is 24.3 Å². The smallest absolute Gasteiger partial charge is 0.199 e. The molecule has 0 heterocycles. The molecule has 0 aliphatic heterocycles. The molecule has 0 aromatic heterocycles. The summed E-state index contributed by atoms with van der Waals surface area (Å²) in [6.45, 7) is 0. The zero-order valence-corrected chi connectivity index (χ0v) is 15.5. The van der Waals surface area contributed by atoms with E-state index >= 15 is 0 Å². The van der Waals surface area contributed by atoms with Gasteiger partial charge in [0.2, 0.25) is 0 Å². The van der Waals surface area contributed by atoms with Gasteiger partial charge in [-0.25, -0.2) is 0 Å². The third-order valence-electron chi connectivity index (χ3n) is 3.47. The highest BCUT2D eigenvalue weighted by Gasteiger charge is 2.14. The third kappa shape index (κ3) is 4.99. The molecular weight excluding hydrogens is 371 g/mol. The number of rotatable bonds is 5. The van der Waals surface area contributed by atoms with Gasteiger partial charge in [0.05, 0.1) is 4.91 Å². The highest BCUT2D eigenvalue weighted by atomic mass is 35.5. The lowest BCUT2D eigenvalue weighted by molar-refractivity contribution is 0.104. The Kier molecular flexibility index (Phi) is 5.98. The minimum absolute atomic E-state index is 0.0412. The van der Waals surface area contributed by atoms with Gasteiger partial charge in [-0.1, -0.05) is 65.3 Å². The molecule has 0 saturated heterocycles. The Bertz CT molecular complexity index is 885. The molecule has 3 aromatic carbocycles. The van der Waals surface area contributed by atoms with Crippen molar-refractivity contribution in [3.05, 3.63) is 105 Å². The first-order valence-corrected chi connectivity index (χ1v) is 9.19. The summed E-state index contributed by atoms with van der Waals surface area (Å²) in [5.74, 6) is -0.0412. The van der Waals surface area contributed by atoms with Crippen molar-refractivity contribution in [3.8, 4) is 0 Å². The summed E-state index contributed by atoms with van der Waals surface area (Å²) >= 11 is 13.3. The maximum Gasteiger partial charge on any atom is 0.199 e. The lowest BCUT2D eigenvalue weighted by atomic mass is 10.1. The van der Waals surface area contributed by atoms with Crippen LogP contribution < -0.4 is 0 Å². The predicted molar refractivity (Wildman–Crippen MR) is 108 cm³/mol. The standard InChI is InChI=1S/C21H14Cl2OS/c22-17-8-6-16(7-9-17)21(24)20(14-15-4-2-1-3-5-15)25-19-12-10-18(23)11-13-19/h1-14H/b20-14-. The van der Waals surface area contributed by atoms with Gasteiger partial charge in [-0.2, -0.15) is 0 Å². The average Bonchev–Trinajstić information content (AvgIpc) is 2.64. The van der Waals surface area contributed by atoms with E-state index < -0.39 is 0 Å².